The molecule has 0 spiro atoms. The Labute approximate surface area is 198 Å². The van der Waals surface area contributed by atoms with Gasteiger partial charge in [0, 0.05) is 21.8 Å². The maximum absolute atomic E-state index is 13.0. The minimum absolute atomic E-state index is 0.0453. The van der Waals surface area contributed by atoms with Crippen LogP contribution in [0.15, 0.2) is 47.4 Å². The van der Waals surface area contributed by atoms with Crippen LogP contribution >= 0.6 is 23.1 Å². The number of carboxylic acid groups (broad SMARTS) is 1. The molecular weight excluding hydrogens is 440 g/mol. The highest BCUT2D eigenvalue weighted by Crippen LogP contribution is 2.49. The highest BCUT2D eigenvalue weighted by molar-refractivity contribution is 8.01. The van der Waals surface area contributed by atoms with E-state index in [0.29, 0.717) is 12.8 Å². The second-order valence-electron chi connectivity index (χ2n) is 8.76. The Morgan fingerprint density at radius 2 is 2.16 bits per heavy atom. The number of fused-ring (bicyclic) bond motifs is 4. The maximum Gasteiger partial charge on any atom is 0.304 e. The van der Waals surface area contributed by atoms with E-state index in [-0.39, 0.29) is 30.0 Å². The molecule has 3 atom stereocenters. The van der Waals surface area contributed by atoms with Gasteiger partial charge in [-0.1, -0.05) is 49.8 Å². The first kappa shape index (κ1) is 24.5. The number of rotatable bonds is 4. The Morgan fingerprint density at radius 3 is 2.88 bits per heavy atom. The van der Waals surface area contributed by atoms with Gasteiger partial charge in [0.1, 0.15) is 5.01 Å². The van der Waals surface area contributed by atoms with Gasteiger partial charge >= 0.3 is 5.97 Å². The fraction of sp³-hybridized carbons (Fsp3) is 0.480. The van der Waals surface area contributed by atoms with Gasteiger partial charge in [-0.3, -0.25) is 9.59 Å². The summed E-state index contributed by atoms with van der Waals surface area (Å²) in [4.78, 5) is 29.4. The first-order valence-corrected chi connectivity index (χ1v) is 12.8. The molecule has 1 fully saturated rings. The van der Waals surface area contributed by atoms with Crippen molar-refractivity contribution in [1.29, 1.82) is 0 Å². The summed E-state index contributed by atoms with van der Waals surface area (Å²) in [5, 5.41) is 15.5. The highest BCUT2D eigenvalue weighted by Gasteiger charge is 2.42. The van der Waals surface area contributed by atoms with E-state index in [1.165, 1.54) is 16.9 Å². The number of hydrogen-bond acceptors (Lipinski definition) is 5. The smallest absolute Gasteiger partial charge is 0.304 e. The van der Waals surface area contributed by atoms with E-state index >= 15 is 0 Å². The minimum atomic E-state index is -0.878. The standard InChI is InChI=1S/C25H32N2O3S2/c1-5-6-19-8-7-16(2)11-21-17(3)9-10-25(32-21,14-23(29)30)13-22(28)26-18(4)24-27-20(12-19)15-31-24/h7-8,12,15,18,21H,2-3,5-6,9-11,13-14H2,1,4H3,(H,26,28)(H,29,30). The van der Waals surface area contributed by atoms with Gasteiger partial charge in [0.2, 0.25) is 5.91 Å². The lowest BCUT2D eigenvalue weighted by molar-refractivity contribution is -0.137. The van der Waals surface area contributed by atoms with E-state index < -0.39 is 10.7 Å². The van der Waals surface area contributed by atoms with Crippen LogP contribution in [-0.4, -0.2) is 32.0 Å². The van der Waals surface area contributed by atoms with Crippen molar-refractivity contribution in [1.82, 2.24) is 10.3 Å². The highest BCUT2D eigenvalue weighted by atomic mass is 32.2. The zero-order chi connectivity index (χ0) is 23.3. The Kier molecular flexibility index (Phi) is 8.17. The molecule has 7 heteroatoms. The third-order valence-corrected chi connectivity index (χ3v) is 8.67. The molecular formula is C25H32N2O3S2. The van der Waals surface area contributed by atoms with E-state index in [2.05, 4.69) is 43.6 Å². The number of carbonyl (C=O) groups excluding carboxylic acids is 1. The molecule has 3 rings (SSSR count). The number of thioether (sulfide) groups is 1. The van der Waals surface area contributed by atoms with E-state index in [1.807, 2.05) is 12.3 Å². The molecule has 0 aromatic carbocycles. The van der Waals surface area contributed by atoms with Crippen molar-refractivity contribution in [3.05, 3.63) is 58.1 Å². The Morgan fingerprint density at radius 1 is 1.38 bits per heavy atom. The van der Waals surface area contributed by atoms with E-state index in [4.69, 9.17) is 4.98 Å². The molecule has 1 amide bonds. The second kappa shape index (κ2) is 10.7. The molecule has 3 unspecified atom stereocenters. The number of nitrogens with one attached hydrogen (secondary N) is 1. The van der Waals surface area contributed by atoms with Crippen molar-refractivity contribution >= 4 is 41.1 Å². The van der Waals surface area contributed by atoms with E-state index in [0.717, 1.165) is 41.1 Å². The first-order valence-electron chi connectivity index (χ1n) is 11.1. The van der Waals surface area contributed by atoms with Crippen molar-refractivity contribution in [2.24, 2.45) is 0 Å². The van der Waals surface area contributed by atoms with Crippen molar-refractivity contribution in [3.63, 3.8) is 0 Å². The van der Waals surface area contributed by atoms with Crippen LogP contribution in [0.3, 0.4) is 0 Å². The molecule has 32 heavy (non-hydrogen) atoms. The molecule has 0 radical (unpaired) electrons. The number of carboxylic acids is 1. The van der Waals surface area contributed by atoms with Crippen LogP contribution in [0.2, 0.25) is 0 Å². The van der Waals surface area contributed by atoms with E-state index in [9.17, 15) is 14.7 Å². The molecule has 2 N–H and O–H groups in total. The fourth-order valence-electron chi connectivity index (χ4n) is 4.20. The summed E-state index contributed by atoms with van der Waals surface area (Å²) < 4.78 is -0.649. The summed E-state index contributed by atoms with van der Waals surface area (Å²) in [6, 6.07) is -0.228. The van der Waals surface area contributed by atoms with Gasteiger partial charge in [-0.2, -0.15) is 0 Å². The van der Waals surface area contributed by atoms with Gasteiger partial charge in [-0.05, 0) is 44.3 Å². The summed E-state index contributed by atoms with van der Waals surface area (Å²) in [6.45, 7) is 12.6. The molecule has 172 valence electrons. The fourth-order valence-corrected chi connectivity index (χ4v) is 6.81. The Bertz CT molecular complexity index is 962. The number of carbonyl (C=O) groups is 2. The first-order chi connectivity index (χ1) is 15.2. The molecule has 1 aromatic rings. The Hall–Kier alpha value is -2.12. The van der Waals surface area contributed by atoms with Gasteiger partial charge in [-0.15, -0.1) is 23.1 Å². The zero-order valence-electron chi connectivity index (χ0n) is 18.9. The second-order valence-corrected chi connectivity index (χ2v) is 11.3. The maximum atomic E-state index is 13.0. The lowest BCUT2D eigenvalue weighted by Gasteiger charge is -2.40. The van der Waals surface area contributed by atoms with Crippen LogP contribution in [0.25, 0.3) is 6.08 Å². The number of nitrogens with zero attached hydrogens (tertiary/aromatic N) is 1. The number of hydrogen-bond donors (Lipinski definition) is 2. The van der Waals surface area contributed by atoms with E-state index in [1.54, 1.807) is 11.8 Å². The minimum Gasteiger partial charge on any atom is -0.481 e. The summed E-state index contributed by atoms with van der Waals surface area (Å²) in [6.07, 6.45) is 10.4. The lowest BCUT2D eigenvalue weighted by Crippen LogP contribution is -2.41. The molecule has 2 aliphatic rings. The molecule has 2 aliphatic heterocycles. The van der Waals surface area contributed by atoms with Crippen LogP contribution in [0.1, 0.15) is 75.5 Å². The molecule has 4 bridgehead atoms. The topological polar surface area (TPSA) is 79.3 Å². The number of allylic oxidation sites excluding steroid dienone is 4. The van der Waals surface area contributed by atoms with Crippen molar-refractivity contribution in [2.75, 3.05) is 0 Å². The Balaban J connectivity index is 1.97. The molecule has 1 aromatic heterocycles. The zero-order valence-corrected chi connectivity index (χ0v) is 20.5. The predicted molar refractivity (Wildman–Crippen MR) is 134 cm³/mol. The normalized spacial score (nSPS) is 27.1. The van der Waals surface area contributed by atoms with Crippen molar-refractivity contribution in [2.45, 2.75) is 74.8 Å². The number of thiazole rings is 1. The van der Waals surface area contributed by atoms with Gasteiger partial charge in [0.25, 0.3) is 0 Å². The van der Waals surface area contributed by atoms with Crippen molar-refractivity contribution < 1.29 is 14.7 Å². The van der Waals surface area contributed by atoms with Crippen LogP contribution in [0.4, 0.5) is 0 Å². The third kappa shape index (κ3) is 6.45. The summed E-state index contributed by atoms with van der Waals surface area (Å²) in [5.41, 5.74) is 4.14. The quantitative estimate of drug-likeness (QED) is 0.520. The summed E-state index contributed by atoms with van der Waals surface area (Å²) in [5.74, 6) is -1.01. The van der Waals surface area contributed by atoms with Gasteiger partial charge in [0.05, 0.1) is 18.2 Å². The molecule has 1 saturated heterocycles. The SMILES string of the molecule is C=C1C=CC(CCC)=Cc2csc(n2)C(C)NC(=O)CC2(CC(=O)O)CCC(=C)C(C1)S2. The lowest BCUT2D eigenvalue weighted by atomic mass is 9.89. The van der Waals surface area contributed by atoms with Crippen LogP contribution < -0.4 is 5.32 Å². The molecule has 0 aliphatic carbocycles. The summed E-state index contributed by atoms with van der Waals surface area (Å²) >= 11 is 3.11. The molecule has 3 heterocycles. The molecule has 0 saturated carbocycles. The number of aromatic nitrogens is 1. The largest absolute Gasteiger partial charge is 0.481 e. The van der Waals surface area contributed by atoms with Gasteiger partial charge in [0.15, 0.2) is 0 Å². The van der Waals surface area contributed by atoms with Gasteiger partial charge in [-0.25, -0.2) is 4.98 Å². The number of aliphatic carboxylic acids is 1. The average Bonchev–Trinajstić information content (AvgIpc) is 3.16. The van der Waals surface area contributed by atoms with Crippen LogP contribution in [-0.2, 0) is 9.59 Å². The third-order valence-electron chi connectivity index (χ3n) is 5.85. The van der Waals surface area contributed by atoms with Gasteiger partial charge < -0.3 is 10.4 Å². The van der Waals surface area contributed by atoms with Crippen molar-refractivity contribution in [3.8, 4) is 0 Å². The predicted octanol–water partition coefficient (Wildman–Crippen LogP) is 6.08. The van der Waals surface area contributed by atoms with Crippen LogP contribution in [0, 0.1) is 0 Å². The summed E-state index contributed by atoms with van der Waals surface area (Å²) in [7, 11) is 0. The average molecular weight is 473 g/mol. The van der Waals surface area contributed by atoms with Crippen LogP contribution in [0.5, 0.6) is 0 Å². The monoisotopic (exact) mass is 472 g/mol. The molecule has 5 nitrogen and oxygen atoms in total. The number of amides is 1.